The molecule has 5 nitrogen and oxygen atoms in total. The molecule has 6 heteroatoms. The molecular formula is C13H15FN4O. The van der Waals surface area contributed by atoms with Crippen LogP contribution in [0.5, 0.6) is 0 Å². The Hall–Kier alpha value is -2.24. The zero-order valence-electron chi connectivity index (χ0n) is 10.8. The fourth-order valence-electron chi connectivity index (χ4n) is 1.76. The molecule has 0 aliphatic rings. The minimum atomic E-state index is -0.386. The van der Waals surface area contributed by atoms with Crippen molar-refractivity contribution >= 4 is 5.91 Å². The Labute approximate surface area is 110 Å². The number of nitrogens with one attached hydrogen (secondary N) is 1. The molecule has 1 aromatic heterocycles. The Morgan fingerprint density at radius 2 is 2.21 bits per heavy atom. The summed E-state index contributed by atoms with van der Waals surface area (Å²) >= 11 is 0. The highest BCUT2D eigenvalue weighted by Crippen LogP contribution is 2.17. The van der Waals surface area contributed by atoms with Gasteiger partial charge in [0, 0.05) is 6.42 Å². The van der Waals surface area contributed by atoms with Gasteiger partial charge in [-0.25, -0.2) is 14.1 Å². The number of nitrogens with zero attached hydrogens (tertiary/aromatic N) is 3. The highest BCUT2D eigenvalue weighted by atomic mass is 19.1. The van der Waals surface area contributed by atoms with Gasteiger partial charge in [0.05, 0.1) is 6.04 Å². The average Bonchev–Trinajstić information content (AvgIpc) is 2.88. The molecule has 0 fully saturated rings. The number of rotatable bonds is 4. The third-order valence-electron chi connectivity index (χ3n) is 2.74. The lowest BCUT2D eigenvalue weighted by molar-refractivity contribution is -0.121. The van der Waals surface area contributed by atoms with E-state index in [-0.39, 0.29) is 17.8 Å². The molecule has 1 unspecified atom stereocenters. The van der Waals surface area contributed by atoms with Gasteiger partial charge in [-0.15, -0.1) is 0 Å². The van der Waals surface area contributed by atoms with Crippen LogP contribution in [0.15, 0.2) is 30.6 Å². The van der Waals surface area contributed by atoms with Crippen LogP contribution in [0.3, 0.4) is 0 Å². The molecule has 1 amide bonds. The summed E-state index contributed by atoms with van der Waals surface area (Å²) in [5.41, 5.74) is 0.313. The van der Waals surface area contributed by atoms with Gasteiger partial charge in [-0.05, 0) is 19.1 Å². The molecule has 0 saturated heterocycles. The summed E-state index contributed by atoms with van der Waals surface area (Å²) in [7, 11) is 0. The molecule has 1 aromatic carbocycles. The zero-order chi connectivity index (χ0) is 13.8. The van der Waals surface area contributed by atoms with E-state index in [1.54, 1.807) is 32.0 Å². The molecule has 0 bridgehead atoms. The number of para-hydroxylation sites is 1. The lowest BCUT2D eigenvalue weighted by atomic mass is 10.2. The molecule has 0 saturated carbocycles. The first-order valence-corrected chi connectivity index (χ1v) is 6.07. The van der Waals surface area contributed by atoms with Crippen molar-refractivity contribution in [1.82, 2.24) is 20.1 Å². The minimum Gasteiger partial charge on any atom is -0.346 e. The molecule has 0 spiro atoms. The second kappa shape index (κ2) is 5.60. The van der Waals surface area contributed by atoms with Crippen LogP contribution in [-0.4, -0.2) is 20.7 Å². The summed E-state index contributed by atoms with van der Waals surface area (Å²) in [5.74, 6) is 0.0192. The van der Waals surface area contributed by atoms with E-state index in [9.17, 15) is 9.18 Å². The smallest absolute Gasteiger partial charge is 0.220 e. The van der Waals surface area contributed by atoms with Crippen LogP contribution in [0.4, 0.5) is 4.39 Å². The van der Waals surface area contributed by atoms with Crippen LogP contribution >= 0.6 is 0 Å². The normalized spacial score (nSPS) is 12.2. The Kier molecular flexibility index (Phi) is 3.89. The Morgan fingerprint density at radius 1 is 1.47 bits per heavy atom. The second-order valence-electron chi connectivity index (χ2n) is 4.12. The van der Waals surface area contributed by atoms with Gasteiger partial charge in [0.1, 0.15) is 17.8 Å². The van der Waals surface area contributed by atoms with Gasteiger partial charge in [-0.3, -0.25) is 4.79 Å². The van der Waals surface area contributed by atoms with Crippen molar-refractivity contribution in [1.29, 1.82) is 0 Å². The Balaban J connectivity index is 2.33. The van der Waals surface area contributed by atoms with E-state index < -0.39 is 0 Å². The second-order valence-corrected chi connectivity index (χ2v) is 4.12. The number of benzene rings is 1. The van der Waals surface area contributed by atoms with Gasteiger partial charge in [-0.1, -0.05) is 19.1 Å². The molecular weight excluding hydrogens is 247 g/mol. The summed E-state index contributed by atoms with van der Waals surface area (Å²) in [6.07, 6.45) is 1.73. The first-order valence-electron chi connectivity index (χ1n) is 6.07. The Morgan fingerprint density at radius 3 is 2.89 bits per heavy atom. The zero-order valence-corrected chi connectivity index (χ0v) is 10.8. The standard InChI is InChI=1S/C13H15FN4O/c1-3-12(19)17-9(2)13-15-8-16-18(13)11-7-5-4-6-10(11)14/h4-9H,3H2,1-2H3,(H,17,19). The number of carbonyl (C=O) groups excluding carboxylic acids is 1. The summed E-state index contributed by atoms with van der Waals surface area (Å²) in [6, 6.07) is 5.96. The van der Waals surface area contributed by atoms with Gasteiger partial charge in [0.2, 0.25) is 5.91 Å². The monoisotopic (exact) mass is 262 g/mol. The van der Waals surface area contributed by atoms with Crippen LogP contribution in [0.2, 0.25) is 0 Å². The highest BCUT2D eigenvalue weighted by molar-refractivity contribution is 5.75. The predicted molar refractivity (Wildman–Crippen MR) is 68.2 cm³/mol. The van der Waals surface area contributed by atoms with Gasteiger partial charge >= 0.3 is 0 Å². The van der Waals surface area contributed by atoms with Crippen molar-refractivity contribution in [3.05, 3.63) is 42.2 Å². The molecule has 19 heavy (non-hydrogen) atoms. The van der Waals surface area contributed by atoms with Crippen molar-refractivity contribution in [2.75, 3.05) is 0 Å². The average molecular weight is 262 g/mol. The summed E-state index contributed by atoms with van der Waals surface area (Å²) < 4.78 is 15.1. The van der Waals surface area contributed by atoms with E-state index in [2.05, 4.69) is 15.4 Å². The number of hydrogen-bond donors (Lipinski definition) is 1. The first-order chi connectivity index (χ1) is 9.13. The molecule has 0 radical (unpaired) electrons. The van der Waals surface area contributed by atoms with Gasteiger partial charge < -0.3 is 5.32 Å². The molecule has 100 valence electrons. The number of aromatic nitrogens is 3. The van der Waals surface area contributed by atoms with Crippen LogP contribution in [0.25, 0.3) is 5.69 Å². The van der Waals surface area contributed by atoms with Crippen LogP contribution in [-0.2, 0) is 4.79 Å². The SMILES string of the molecule is CCC(=O)NC(C)c1ncnn1-c1ccccc1F. The van der Waals surface area contributed by atoms with E-state index >= 15 is 0 Å². The maximum atomic E-state index is 13.7. The molecule has 0 aliphatic carbocycles. The van der Waals surface area contributed by atoms with Gasteiger partial charge in [0.25, 0.3) is 0 Å². The molecule has 1 heterocycles. The Bertz CT molecular complexity index is 582. The first kappa shape index (κ1) is 13.2. The van der Waals surface area contributed by atoms with Gasteiger partial charge in [-0.2, -0.15) is 5.10 Å². The summed E-state index contributed by atoms with van der Waals surface area (Å²) in [4.78, 5) is 15.5. The van der Waals surface area contributed by atoms with Crippen molar-refractivity contribution in [3.8, 4) is 5.69 Å². The van der Waals surface area contributed by atoms with Crippen molar-refractivity contribution < 1.29 is 9.18 Å². The summed E-state index contributed by atoms with van der Waals surface area (Å²) in [5, 5.41) is 6.79. The van der Waals surface area contributed by atoms with Gasteiger partial charge in [0.15, 0.2) is 5.82 Å². The maximum absolute atomic E-state index is 13.7. The number of hydrogen-bond acceptors (Lipinski definition) is 3. The third-order valence-corrected chi connectivity index (χ3v) is 2.74. The van der Waals surface area contributed by atoms with Crippen molar-refractivity contribution in [2.45, 2.75) is 26.3 Å². The molecule has 1 N–H and O–H groups in total. The van der Waals surface area contributed by atoms with E-state index in [1.165, 1.54) is 17.1 Å². The minimum absolute atomic E-state index is 0.0874. The van der Waals surface area contributed by atoms with Crippen molar-refractivity contribution in [2.24, 2.45) is 0 Å². The largest absolute Gasteiger partial charge is 0.346 e. The predicted octanol–water partition coefficient (Wildman–Crippen LogP) is 1.99. The van der Waals surface area contributed by atoms with Crippen LogP contribution < -0.4 is 5.32 Å². The number of carbonyl (C=O) groups is 1. The summed E-state index contributed by atoms with van der Waals surface area (Å²) in [6.45, 7) is 3.55. The van der Waals surface area contributed by atoms with E-state index in [0.717, 1.165) is 0 Å². The van der Waals surface area contributed by atoms with E-state index in [1.807, 2.05) is 0 Å². The van der Waals surface area contributed by atoms with E-state index in [0.29, 0.717) is 17.9 Å². The fraction of sp³-hybridized carbons (Fsp3) is 0.308. The lowest BCUT2D eigenvalue weighted by Gasteiger charge is -2.14. The topological polar surface area (TPSA) is 59.8 Å². The van der Waals surface area contributed by atoms with Crippen LogP contribution in [0.1, 0.15) is 32.1 Å². The molecule has 1 atom stereocenters. The number of amides is 1. The van der Waals surface area contributed by atoms with Crippen LogP contribution in [0, 0.1) is 5.82 Å². The maximum Gasteiger partial charge on any atom is 0.220 e. The quantitative estimate of drug-likeness (QED) is 0.916. The fourth-order valence-corrected chi connectivity index (χ4v) is 1.76. The van der Waals surface area contributed by atoms with Crippen molar-refractivity contribution in [3.63, 3.8) is 0 Å². The highest BCUT2D eigenvalue weighted by Gasteiger charge is 2.17. The lowest BCUT2D eigenvalue weighted by Crippen LogP contribution is -2.28. The molecule has 2 aromatic rings. The third kappa shape index (κ3) is 2.78. The number of halogens is 1. The van der Waals surface area contributed by atoms with E-state index in [4.69, 9.17) is 0 Å². The molecule has 2 rings (SSSR count). The molecule has 0 aliphatic heterocycles.